The van der Waals surface area contributed by atoms with Crippen molar-refractivity contribution in [3.8, 4) is 0 Å². The van der Waals surface area contributed by atoms with E-state index < -0.39 is 72.3 Å². The van der Waals surface area contributed by atoms with Crippen LogP contribution in [0.4, 0.5) is 0 Å². The number of ether oxygens (including phenoxy) is 2. The van der Waals surface area contributed by atoms with E-state index in [0.717, 1.165) is 50.9 Å². The molecule has 15 nitrogen and oxygen atoms in total. The fraction of sp³-hybridized carbons (Fsp3) is 0.800. The van der Waals surface area contributed by atoms with Gasteiger partial charge in [-0.2, -0.15) is 0 Å². The molecule has 0 bridgehead atoms. The molecule has 1 aliphatic carbocycles. The number of unbranched alkanes of at least 4 members (excludes halogenated alkanes) is 15. The second kappa shape index (κ2) is 35.3. The molecule has 0 aliphatic heterocycles. The van der Waals surface area contributed by atoms with Gasteiger partial charge < -0.3 is 34.4 Å². The molecule has 0 aromatic carbocycles. The van der Waals surface area contributed by atoms with E-state index in [2.05, 4.69) is 29.8 Å². The number of carbonyl (C=O) groups is 3. The van der Waals surface area contributed by atoms with Crippen LogP contribution in [-0.4, -0.2) is 87.4 Å². The summed E-state index contributed by atoms with van der Waals surface area (Å²) in [5.41, 5.74) is 0. The number of aliphatic hydroxyl groups is 2. The zero-order valence-electron chi connectivity index (χ0n) is 37.7. The molecule has 0 aromatic heterocycles. The van der Waals surface area contributed by atoms with Crippen LogP contribution in [-0.2, 0) is 46.6 Å². The van der Waals surface area contributed by atoms with E-state index in [1.165, 1.54) is 57.8 Å². The maximum Gasteiger partial charge on any atom is 0.472 e. The molecule has 0 heterocycles. The zero-order valence-corrected chi connectivity index (χ0v) is 39.5. The first kappa shape index (κ1) is 58.0. The average Bonchev–Trinajstić information content (AvgIpc) is 3.57. The molecule has 0 amide bonds. The number of phosphoric ester groups is 2. The van der Waals surface area contributed by atoms with Gasteiger partial charge in [-0.15, -0.1) is 0 Å². The van der Waals surface area contributed by atoms with E-state index >= 15 is 0 Å². The van der Waals surface area contributed by atoms with Crippen molar-refractivity contribution in [3.05, 3.63) is 36.5 Å². The number of aliphatic hydroxyl groups excluding tert-OH is 2. The lowest BCUT2D eigenvalue weighted by molar-refractivity contribution is -0.161. The van der Waals surface area contributed by atoms with Crippen LogP contribution in [0.3, 0.4) is 0 Å². The Labute approximate surface area is 371 Å². The number of hydrogen-bond donors (Lipinski definition) is 5. The Morgan fingerprint density at radius 1 is 0.710 bits per heavy atom. The smallest absolute Gasteiger partial charge is 0.462 e. The Bertz CT molecular complexity index is 1390. The molecule has 1 unspecified atom stereocenters. The predicted molar refractivity (Wildman–Crippen MR) is 239 cm³/mol. The van der Waals surface area contributed by atoms with Crippen molar-refractivity contribution in [1.29, 1.82) is 0 Å². The SMILES string of the molecule is CCCCC[C@H](O)/C=C/[C@H]1C(=O)C=C[C@@H]1C/C=C\CCCC(=O)OC[C@H](COP(=O)(O)OC[C@@H](O)COP(=O)(O)O)OC(=O)CCCCCCCCCCCCCCCC(C)C. The maximum absolute atomic E-state index is 12.7. The Kier molecular flexibility index (Phi) is 33.0. The minimum absolute atomic E-state index is 0.0108. The van der Waals surface area contributed by atoms with Gasteiger partial charge in [-0.05, 0) is 50.0 Å². The summed E-state index contributed by atoms with van der Waals surface area (Å²) in [5.74, 6) is -0.710. The van der Waals surface area contributed by atoms with Crippen LogP contribution in [0.25, 0.3) is 0 Å². The highest BCUT2D eigenvalue weighted by molar-refractivity contribution is 7.47. The molecule has 5 N–H and O–H groups in total. The minimum atomic E-state index is -4.89. The zero-order chi connectivity index (χ0) is 46.1. The number of hydrogen-bond acceptors (Lipinski definition) is 12. The number of allylic oxidation sites excluding steroid dienone is 5. The van der Waals surface area contributed by atoms with Gasteiger partial charge >= 0.3 is 27.6 Å². The van der Waals surface area contributed by atoms with Gasteiger partial charge in [0, 0.05) is 18.8 Å². The van der Waals surface area contributed by atoms with Crippen molar-refractivity contribution in [2.24, 2.45) is 17.8 Å². The largest absolute Gasteiger partial charge is 0.472 e. The van der Waals surface area contributed by atoms with E-state index in [1.54, 1.807) is 18.2 Å². The Balaban J connectivity index is 2.50. The van der Waals surface area contributed by atoms with Crippen LogP contribution in [0.2, 0.25) is 0 Å². The van der Waals surface area contributed by atoms with Gasteiger partial charge in [0.1, 0.15) is 12.7 Å². The van der Waals surface area contributed by atoms with Gasteiger partial charge in [-0.3, -0.25) is 28.0 Å². The van der Waals surface area contributed by atoms with Crippen molar-refractivity contribution >= 4 is 33.4 Å². The highest BCUT2D eigenvalue weighted by Crippen LogP contribution is 2.44. The fourth-order valence-electron chi connectivity index (χ4n) is 6.82. The first-order valence-corrected chi connectivity index (χ1v) is 26.1. The van der Waals surface area contributed by atoms with Gasteiger partial charge in [-0.1, -0.05) is 154 Å². The molecule has 0 spiro atoms. The topological polar surface area (TPSA) is 233 Å². The van der Waals surface area contributed by atoms with Crippen LogP contribution in [0, 0.1) is 17.8 Å². The molecule has 1 aliphatic rings. The first-order chi connectivity index (χ1) is 29.5. The number of rotatable bonds is 40. The van der Waals surface area contributed by atoms with Gasteiger partial charge in [0.05, 0.1) is 25.9 Å². The third kappa shape index (κ3) is 33.5. The van der Waals surface area contributed by atoms with Crippen molar-refractivity contribution in [2.45, 2.75) is 187 Å². The molecule has 0 saturated carbocycles. The molecular weight excluding hydrogens is 842 g/mol. The highest BCUT2D eigenvalue weighted by atomic mass is 31.2. The van der Waals surface area contributed by atoms with E-state index in [0.29, 0.717) is 32.1 Å². The fourth-order valence-corrected chi connectivity index (χ4v) is 7.97. The molecule has 0 radical (unpaired) electrons. The lowest BCUT2D eigenvalue weighted by Gasteiger charge is -2.20. The normalized spacial score (nSPS) is 18.2. The van der Waals surface area contributed by atoms with Gasteiger partial charge in [0.2, 0.25) is 0 Å². The molecule has 1 rings (SSSR count). The summed E-state index contributed by atoms with van der Waals surface area (Å²) >= 11 is 0. The second-order valence-electron chi connectivity index (χ2n) is 16.8. The van der Waals surface area contributed by atoms with Crippen molar-refractivity contribution < 1.29 is 71.5 Å². The first-order valence-electron chi connectivity index (χ1n) is 23.1. The summed E-state index contributed by atoms with van der Waals surface area (Å²) in [7, 11) is -9.74. The quantitative estimate of drug-likeness (QED) is 0.0167. The van der Waals surface area contributed by atoms with Crippen LogP contribution >= 0.6 is 15.6 Å². The van der Waals surface area contributed by atoms with E-state index in [4.69, 9.17) is 23.8 Å². The third-order valence-electron chi connectivity index (χ3n) is 10.4. The van der Waals surface area contributed by atoms with Crippen LogP contribution in [0.5, 0.6) is 0 Å². The van der Waals surface area contributed by atoms with Crippen LogP contribution in [0.15, 0.2) is 36.5 Å². The minimum Gasteiger partial charge on any atom is -0.462 e. The Morgan fingerprint density at radius 2 is 1.27 bits per heavy atom. The lowest BCUT2D eigenvalue weighted by atomic mass is 9.90. The monoisotopic (exact) mass is 922 g/mol. The van der Waals surface area contributed by atoms with Gasteiger partial charge in [0.25, 0.3) is 0 Å². The summed E-state index contributed by atoms with van der Waals surface area (Å²) in [6.45, 7) is 3.76. The predicted octanol–water partition coefficient (Wildman–Crippen LogP) is 9.54. The van der Waals surface area contributed by atoms with Crippen molar-refractivity contribution in [2.75, 3.05) is 26.4 Å². The summed E-state index contributed by atoms with van der Waals surface area (Å²) < 4.78 is 47.8. The number of esters is 2. The van der Waals surface area contributed by atoms with E-state index in [-0.39, 0.29) is 30.5 Å². The van der Waals surface area contributed by atoms with E-state index in [9.17, 15) is 38.6 Å². The summed E-state index contributed by atoms with van der Waals surface area (Å²) in [6.07, 6.45) is 29.2. The number of carbonyl (C=O) groups excluding carboxylic acids is 3. The molecule has 0 fully saturated rings. The maximum atomic E-state index is 12.7. The van der Waals surface area contributed by atoms with Crippen LogP contribution < -0.4 is 0 Å². The number of phosphoric acid groups is 2. The lowest BCUT2D eigenvalue weighted by Crippen LogP contribution is -2.30. The Hall–Kier alpha value is -2.03. The van der Waals surface area contributed by atoms with Gasteiger partial charge in [-0.25, -0.2) is 9.13 Å². The van der Waals surface area contributed by atoms with Crippen molar-refractivity contribution in [3.63, 3.8) is 0 Å². The summed E-state index contributed by atoms with van der Waals surface area (Å²) in [6, 6.07) is 0. The van der Waals surface area contributed by atoms with Gasteiger partial charge in [0.15, 0.2) is 11.9 Å². The Morgan fingerprint density at radius 3 is 1.89 bits per heavy atom. The second-order valence-corrected chi connectivity index (χ2v) is 19.5. The summed E-state index contributed by atoms with van der Waals surface area (Å²) in [5, 5.41) is 20.0. The molecule has 0 saturated heterocycles. The molecular formula is C45H80O15P2. The average molecular weight is 923 g/mol. The number of ketones is 1. The third-order valence-corrected chi connectivity index (χ3v) is 11.9. The summed E-state index contributed by atoms with van der Waals surface area (Å²) in [4.78, 5) is 65.3. The van der Waals surface area contributed by atoms with Crippen molar-refractivity contribution in [1.82, 2.24) is 0 Å². The molecule has 62 heavy (non-hydrogen) atoms. The van der Waals surface area contributed by atoms with E-state index in [1.807, 2.05) is 18.2 Å². The molecule has 360 valence electrons. The highest BCUT2D eigenvalue weighted by Gasteiger charge is 2.29. The molecule has 0 aromatic rings. The standard InChI is InChI=1S/C45H80O15P2/c1-4-5-19-26-39(46)30-31-42-38(29-32-43(42)48)25-21-17-18-22-27-44(49)56-35-41(36-59-62(54,55)58-34-40(47)33-57-61(51,52)53)60-45(50)28-23-16-14-12-10-8-6-7-9-11-13-15-20-24-37(2)3/h17,21,29-32,37-42,46-47H,4-16,18-20,22-28,33-36H2,1-3H3,(H,54,55)(H2,51,52,53)/b21-17-,31-30+/t38-,39-,40-,41+,42+/m0/s1. The van der Waals surface area contributed by atoms with Crippen LogP contribution in [0.1, 0.15) is 168 Å². The molecule has 6 atom stereocenters. The molecule has 17 heteroatoms.